The summed E-state index contributed by atoms with van der Waals surface area (Å²) in [7, 11) is 0. The van der Waals surface area contributed by atoms with Crippen LogP contribution in [-0.4, -0.2) is 34.6 Å². The van der Waals surface area contributed by atoms with Crippen molar-refractivity contribution in [2.24, 2.45) is 5.92 Å². The van der Waals surface area contributed by atoms with Gasteiger partial charge in [0.2, 0.25) is 5.95 Å². The molecule has 3 N–H and O–H groups in total. The van der Waals surface area contributed by atoms with E-state index >= 15 is 0 Å². The summed E-state index contributed by atoms with van der Waals surface area (Å²) in [4.78, 5) is 11.8. The average Bonchev–Trinajstić information content (AvgIpc) is 3.01. The topological polar surface area (TPSA) is 65.6 Å². The molecule has 0 bridgehead atoms. The first-order valence-electron chi connectivity index (χ1n) is 6.81. The molecule has 100 valence electrons. The molecule has 2 aromatic rings. The third-order valence-corrected chi connectivity index (χ3v) is 3.59. The van der Waals surface area contributed by atoms with Gasteiger partial charge in [-0.15, -0.1) is 0 Å². The molecule has 1 fully saturated rings. The number of H-pyrrole nitrogens is 1. The lowest BCUT2D eigenvalue weighted by Gasteiger charge is -2.22. The normalized spacial score (nSPS) is 16.4. The number of piperidine rings is 1. The summed E-state index contributed by atoms with van der Waals surface area (Å²) in [5, 5.41) is 6.70. The predicted molar refractivity (Wildman–Crippen MR) is 75.9 cm³/mol. The van der Waals surface area contributed by atoms with Crippen LogP contribution in [0, 0.1) is 5.92 Å². The molecule has 0 saturated carbocycles. The summed E-state index contributed by atoms with van der Waals surface area (Å²) < 4.78 is 0. The van der Waals surface area contributed by atoms with Gasteiger partial charge in [-0.3, -0.25) is 0 Å². The number of rotatable bonds is 4. The number of nitrogens with zero attached hydrogens (tertiary/aromatic N) is 2. The van der Waals surface area contributed by atoms with Crippen molar-refractivity contribution in [1.82, 2.24) is 20.3 Å². The van der Waals surface area contributed by atoms with E-state index < -0.39 is 0 Å². The fourth-order valence-corrected chi connectivity index (χ4v) is 2.39. The fraction of sp³-hybridized carbons (Fsp3) is 0.429. The Bertz CT molecular complexity index is 485. The lowest BCUT2D eigenvalue weighted by molar-refractivity contribution is 0.389. The first-order valence-corrected chi connectivity index (χ1v) is 6.81. The first kappa shape index (κ1) is 12.2. The molecule has 3 rings (SSSR count). The van der Waals surface area contributed by atoms with Crippen molar-refractivity contribution in [3.05, 3.63) is 30.9 Å². The van der Waals surface area contributed by atoms with E-state index in [9.17, 15) is 0 Å². The fourth-order valence-electron chi connectivity index (χ4n) is 2.39. The molecule has 0 spiro atoms. The van der Waals surface area contributed by atoms with Gasteiger partial charge in [-0.05, 0) is 37.9 Å². The highest BCUT2D eigenvalue weighted by atomic mass is 15.1. The summed E-state index contributed by atoms with van der Waals surface area (Å²) in [6.45, 7) is 3.21. The van der Waals surface area contributed by atoms with Crippen molar-refractivity contribution in [2.75, 3.05) is 25.0 Å². The number of hydrogen-bond donors (Lipinski definition) is 3. The van der Waals surface area contributed by atoms with Crippen molar-refractivity contribution >= 4 is 5.95 Å². The molecule has 0 radical (unpaired) electrons. The van der Waals surface area contributed by atoms with E-state index in [0.717, 1.165) is 42.6 Å². The van der Waals surface area contributed by atoms with Crippen LogP contribution >= 0.6 is 0 Å². The molecular formula is C14H19N5. The molecule has 0 aliphatic carbocycles. The molecule has 1 saturated heterocycles. The molecule has 3 heterocycles. The van der Waals surface area contributed by atoms with Gasteiger partial charge in [-0.1, -0.05) is 0 Å². The monoisotopic (exact) mass is 257 g/mol. The van der Waals surface area contributed by atoms with E-state index in [1.807, 2.05) is 30.9 Å². The molecule has 0 atom stereocenters. The van der Waals surface area contributed by atoms with Crippen molar-refractivity contribution in [3.63, 3.8) is 0 Å². The summed E-state index contributed by atoms with van der Waals surface area (Å²) in [6.07, 6.45) is 10.0. The Morgan fingerprint density at radius 1 is 1.16 bits per heavy atom. The average molecular weight is 257 g/mol. The van der Waals surface area contributed by atoms with E-state index in [2.05, 4.69) is 25.6 Å². The maximum atomic E-state index is 4.37. The maximum absolute atomic E-state index is 4.37. The smallest absolute Gasteiger partial charge is 0.222 e. The second kappa shape index (κ2) is 5.84. The number of aromatic nitrogens is 3. The van der Waals surface area contributed by atoms with Gasteiger partial charge in [0, 0.05) is 42.5 Å². The molecule has 0 aromatic carbocycles. The summed E-state index contributed by atoms with van der Waals surface area (Å²) in [5.74, 6) is 1.45. The van der Waals surface area contributed by atoms with Crippen molar-refractivity contribution in [1.29, 1.82) is 0 Å². The second-order valence-corrected chi connectivity index (χ2v) is 4.97. The summed E-state index contributed by atoms with van der Waals surface area (Å²) in [5.41, 5.74) is 2.15. The minimum atomic E-state index is 0.720. The second-order valence-electron chi connectivity index (χ2n) is 4.97. The highest BCUT2D eigenvalue weighted by Gasteiger charge is 2.12. The Balaban J connectivity index is 1.57. The van der Waals surface area contributed by atoms with E-state index in [1.54, 1.807) is 0 Å². The van der Waals surface area contributed by atoms with Crippen LogP contribution < -0.4 is 10.6 Å². The van der Waals surface area contributed by atoms with Gasteiger partial charge in [-0.25, -0.2) is 9.97 Å². The van der Waals surface area contributed by atoms with Crippen LogP contribution in [0.2, 0.25) is 0 Å². The Morgan fingerprint density at radius 2 is 1.95 bits per heavy atom. The lowest BCUT2D eigenvalue weighted by atomic mass is 9.98. The van der Waals surface area contributed by atoms with Crippen LogP contribution in [0.1, 0.15) is 12.8 Å². The zero-order valence-electron chi connectivity index (χ0n) is 10.9. The summed E-state index contributed by atoms with van der Waals surface area (Å²) in [6, 6.07) is 2.01. The predicted octanol–water partition coefficient (Wildman–Crippen LogP) is 1.88. The van der Waals surface area contributed by atoms with E-state index in [1.165, 1.54) is 12.8 Å². The molecule has 5 heteroatoms. The number of nitrogens with one attached hydrogen (secondary N) is 3. The van der Waals surface area contributed by atoms with E-state index in [0.29, 0.717) is 0 Å². The molecule has 19 heavy (non-hydrogen) atoms. The molecule has 0 unspecified atom stereocenters. The molecule has 0 amide bonds. The highest BCUT2D eigenvalue weighted by molar-refractivity contribution is 5.60. The van der Waals surface area contributed by atoms with Gasteiger partial charge in [0.05, 0.1) is 0 Å². The molecule has 1 aliphatic heterocycles. The SMILES string of the molecule is c1cc(-c2cnc(NCC3CCNCC3)nc2)c[nH]1. The molecule has 1 aliphatic rings. The third-order valence-electron chi connectivity index (χ3n) is 3.59. The number of anilines is 1. The largest absolute Gasteiger partial charge is 0.367 e. The standard InChI is InChI=1S/C14H19N5/c1-4-15-5-2-11(1)7-17-14-18-9-13(10-19-14)12-3-6-16-8-12/h3,6,8-11,15-16H,1-2,4-5,7H2,(H,17,18,19). The zero-order valence-corrected chi connectivity index (χ0v) is 10.9. The highest BCUT2D eigenvalue weighted by Crippen LogP contribution is 2.17. The van der Waals surface area contributed by atoms with Crippen LogP contribution in [0.25, 0.3) is 11.1 Å². The van der Waals surface area contributed by atoms with Crippen molar-refractivity contribution in [2.45, 2.75) is 12.8 Å². The Kier molecular flexibility index (Phi) is 3.74. The van der Waals surface area contributed by atoms with Gasteiger partial charge in [0.25, 0.3) is 0 Å². The third kappa shape index (κ3) is 3.12. The van der Waals surface area contributed by atoms with Crippen LogP contribution in [-0.2, 0) is 0 Å². The van der Waals surface area contributed by atoms with Gasteiger partial charge in [0.15, 0.2) is 0 Å². The molecule has 2 aromatic heterocycles. The number of aromatic amines is 1. The minimum Gasteiger partial charge on any atom is -0.367 e. The van der Waals surface area contributed by atoms with Gasteiger partial charge >= 0.3 is 0 Å². The zero-order chi connectivity index (χ0) is 12.9. The Hall–Kier alpha value is -1.88. The van der Waals surface area contributed by atoms with Crippen LogP contribution in [0.5, 0.6) is 0 Å². The van der Waals surface area contributed by atoms with E-state index in [4.69, 9.17) is 0 Å². The van der Waals surface area contributed by atoms with Crippen molar-refractivity contribution < 1.29 is 0 Å². The van der Waals surface area contributed by atoms with Crippen molar-refractivity contribution in [3.8, 4) is 11.1 Å². The van der Waals surface area contributed by atoms with Crippen LogP contribution in [0.3, 0.4) is 0 Å². The van der Waals surface area contributed by atoms with Crippen LogP contribution in [0.4, 0.5) is 5.95 Å². The molecule has 5 nitrogen and oxygen atoms in total. The Labute approximate surface area is 112 Å². The van der Waals surface area contributed by atoms with Gasteiger partial charge in [0.1, 0.15) is 0 Å². The quantitative estimate of drug-likeness (QED) is 0.782. The first-order chi connectivity index (χ1) is 9.42. The van der Waals surface area contributed by atoms with Gasteiger partial charge in [-0.2, -0.15) is 0 Å². The van der Waals surface area contributed by atoms with Gasteiger partial charge < -0.3 is 15.6 Å². The lowest BCUT2D eigenvalue weighted by Crippen LogP contribution is -2.31. The molecular weight excluding hydrogens is 238 g/mol. The van der Waals surface area contributed by atoms with Crippen LogP contribution in [0.15, 0.2) is 30.9 Å². The maximum Gasteiger partial charge on any atom is 0.222 e. The summed E-state index contributed by atoms with van der Waals surface area (Å²) >= 11 is 0. The number of hydrogen-bond acceptors (Lipinski definition) is 4. The minimum absolute atomic E-state index is 0.720. The Morgan fingerprint density at radius 3 is 2.63 bits per heavy atom. The van der Waals surface area contributed by atoms with E-state index in [-0.39, 0.29) is 0 Å².